The molecular formula is C19H33N3O. The van der Waals surface area contributed by atoms with Gasteiger partial charge in [-0.2, -0.15) is 0 Å². The molecule has 6 atom stereocenters. The molecule has 0 aromatic carbocycles. The fourth-order valence-corrected chi connectivity index (χ4v) is 6.38. The third-order valence-corrected chi connectivity index (χ3v) is 7.39. The van der Waals surface area contributed by atoms with Crippen LogP contribution in [0.15, 0.2) is 0 Å². The van der Waals surface area contributed by atoms with Crippen molar-refractivity contribution < 1.29 is 4.79 Å². The van der Waals surface area contributed by atoms with Gasteiger partial charge in [-0.25, -0.2) is 0 Å². The topological polar surface area (TPSA) is 58.4 Å². The Morgan fingerprint density at radius 2 is 1.96 bits per heavy atom. The van der Waals surface area contributed by atoms with E-state index in [-0.39, 0.29) is 11.8 Å². The molecule has 4 heteroatoms. The second-order valence-electron chi connectivity index (χ2n) is 8.61. The number of rotatable bonds is 6. The van der Waals surface area contributed by atoms with Crippen LogP contribution in [-0.2, 0) is 4.79 Å². The molecule has 4 rings (SSSR count). The quantitative estimate of drug-likeness (QED) is 0.736. The van der Waals surface area contributed by atoms with Gasteiger partial charge in [-0.3, -0.25) is 4.79 Å². The fourth-order valence-electron chi connectivity index (χ4n) is 6.38. The Morgan fingerprint density at radius 3 is 2.83 bits per heavy atom. The first-order valence-corrected chi connectivity index (χ1v) is 9.97. The van der Waals surface area contributed by atoms with Gasteiger partial charge < -0.3 is 16.0 Å². The molecule has 1 saturated heterocycles. The standard InChI is InChI=1S/C19H33N3O/c20-19(23)13-4-2-8-22(12-13)9-3-7-21-18-11-14-10-17(18)16-6-1-5-15(14)16/h13-18,21H,1-12H2,(H2,20,23). The summed E-state index contributed by atoms with van der Waals surface area (Å²) in [6.45, 7) is 4.28. The van der Waals surface area contributed by atoms with Crippen molar-refractivity contribution in [1.29, 1.82) is 0 Å². The fraction of sp³-hybridized carbons (Fsp3) is 0.947. The van der Waals surface area contributed by atoms with Crippen molar-refractivity contribution in [2.75, 3.05) is 26.2 Å². The summed E-state index contributed by atoms with van der Waals surface area (Å²) in [4.78, 5) is 13.8. The molecule has 1 heterocycles. The molecule has 0 spiro atoms. The minimum Gasteiger partial charge on any atom is -0.369 e. The zero-order valence-electron chi connectivity index (χ0n) is 14.4. The Bertz CT molecular complexity index is 440. The second kappa shape index (κ2) is 6.72. The summed E-state index contributed by atoms with van der Waals surface area (Å²) >= 11 is 0. The lowest BCUT2D eigenvalue weighted by Gasteiger charge is -2.33. The first-order chi connectivity index (χ1) is 11.2. The number of nitrogens with two attached hydrogens (primary N) is 1. The van der Waals surface area contributed by atoms with E-state index in [1.54, 1.807) is 0 Å². The molecule has 3 aliphatic carbocycles. The van der Waals surface area contributed by atoms with Crippen molar-refractivity contribution in [3.63, 3.8) is 0 Å². The lowest BCUT2D eigenvalue weighted by Crippen LogP contribution is -2.43. The zero-order chi connectivity index (χ0) is 15.8. The van der Waals surface area contributed by atoms with Gasteiger partial charge in [-0.05, 0) is 88.3 Å². The molecule has 2 bridgehead atoms. The van der Waals surface area contributed by atoms with Crippen molar-refractivity contribution in [1.82, 2.24) is 10.2 Å². The number of likely N-dealkylation sites (tertiary alicyclic amines) is 1. The highest BCUT2D eigenvalue weighted by Crippen LogP contribution is 2.58. The van der Waals surface area contributed by atoms with Crippen molar-refractivity contribution in [3.8, 4) is 0 Å². The highest BCUT2D eigenvalue weighted by atomic mass is 16.1. The van der Waals surface area contributed by atoms with Gasteiger partial charge in [-0.1, -0.05) is 6.42 Å². The van der Waals surface area contributed by atoms with E-state index >= 15 is 0 Å². The normalized spacial score (nSPS) is 43.0. The van der Waals surface area contributed by atoms with Crippen LogP contribution >= 0.6 is 0 Å². The summed E-state index contributed by atoms with van der Waals surface area (Å²) in [6.07, 6.45) is 10.8. The average Bonchev–Trinajstić information content (AvgIpc) is 3.24. The smallest absolute Gasteiger partial charge is 0.221 e. The lowest BCUT2D eigenvalue weighted by atomic mass is 9.79. The molecule has 4 nitrogen and oxygen atoms in total. The Kier molecular flexibility index (Phi) is 4.64. The van der Waals surface area contributed by atoms with Crippen LogP contribution in [0.25, 0.3) is 0 Å². The number of amides is 1. The molecule has 130 valence electrons. The molecule has 1 aliphatic heterocycles. The first-order valence-electron chi connectivity index (χ1n) is 9.97. The van der Waals surface area contributed by atoms with Crippen LogP contribution in [0.3, 0.4) is 0 Å². The van der Waals surface area contributed by atoms with Crippen LogP contribution in [0.4, 0.5) is 0 Å². The summed E-state index contributed by atoms with van der Waals surface area (Å²) in [5.41, 5.74) is 5.47. The summed E-state index contributed by atoms with van der Waals surface area (Å²) in [6, 6.07) is 0.805. The number of nitrogens with zero attached hydrogens (tertiary/aromatic N) is 1. The Hall–Kier alpha value is -0.610. The first kappa shape index (κ1) is 15.9. The number of carbonyl (C=O) groups is 1. The van der Waals surface area contributed by atoms with Crippen LogP contribution in [0.1, 0.15) is 51.4 Å². The van der Waals surface area contributed by atoms with E-state index in [1.807, 2.05) is 0 Å². The van der Waals surface area contributed by atoms with E-state index in [1.165, 1.54) is 38.5 Å². The predicted octanol–water partition coefficient (Wildman–Crippen LogP) is 1.99. The number of fused-ring (bicyclic) bond motifs is 5. The van der Waals surface area contributed by atoms with E-state index in [0.717, 1.165) is 68.7 Å². The molecule has 0 aromatic rings. The van der Waals surface area contributed by atoms with Crippen molar-refractivity contribution >= 4 is 5.91 Å². The van der Waals surface area contributed by atoms with E-state index in [4.69, 9.17) is 5.73 Å². The minimum atomic E-state index is -0.110. The molecule has 0 radical (unpaired) electrons. The van der Waals surface area contributed by atoms with E-state index < -0.39 is 0 Å². The number of piperidine rings is 1. The molecule has 3 saturated carbocycles. The van der Waals surface area contributed by atoms with Crippen LogP contribution < -0.4 is 11.1 Å². The van der Waals surface area contributed by atoms with Crippen molar-refractivity contribution in [2.24, 2.45) is 35.3 Å². The number of carbonyl (C=O) groups excluding carboxylic acids is 1. The zero-order valence-corrected chi connectivity index (χ0v) is 14.4. The van der Waals surface area contributed by atoms with Gasteiger partial charge in [-0.15, -0.1) is 0 Å². The van der Waals surface area contributed by atoms with E-state index in [9.17, 15) is 4.79 Å². The summed E-state index contributed by atoms with van der Waals surface area (Å²) < 4.78 is 0. The monoisotopic (exact) mass is 319 g/mol. The third kappa shape index (κ3) is 3.17. The molecule has 4 fully saturated rings. The average molecular weight is 319 g/mol. The van der Waals surface area contributed by atoms with Crippen LogP contribution in [0.2, 0.25) is 0 Å². The van der Waals surface area contributed by atoms with E-state index in [0.29, 0.717) is 0 Å². The van der Waals surface area contributed by atoms with Crippen LogP contribution in [-0.4, -0.2) is 43.0 Å². The third-order valence-electron chi connectivity index (χ3n) is 7.39. The van der Waals surface area contributed by atoms with Crippen molar-refractivity contribution in [3.05, 3.63) is 0 Å². The van der Waals surface area contributed by atoms with Crippen LogP contribution in [0.5, 0.6) is 0 Å². The van der Waals surface area contributed by atoms with Crippen LogP contribution in [0, 0.1) is 29.6 Å². The van der Waals surface area contributed by atoms with Gasteiger partial charge >= 0.3 is 0 Å². The maximum Gasteiger partial charge on any atom is 0.221 e. The molecule has 4 aliphatic rings. The van der Waals surface area contributed by atoms with Gasteiger partial charge in [0.25, 0.3) is 0 Å². The highest BCUT2D eigenvalue weighted by Gasteiger charge is 2.53. The van der Waals surface area contributed by atoms with Gasteiger partial charge in [0.05, 0.1) is 5.92 Å². The molecule has 23 heavy (non-hydrogen) atoms. The van der Waals surface area contributed by atoms with E-state index in [2.05, 4.69) is 10.2 Å². The Balaban J connectivity index is 1.16. The number of hydrogen-bond acceptors (Lipinski definition) is 3. The molecule has 6 unspecified atom stereocenters. The summed E-state index contributed by atoms with van der Waals surface area (Å²) in [5, 5.41) is 3.88. The highest BCUT2D eigenvalue weighted by molar-refractivity contribution is 5.76. The maximum atomic E-state index is 11.4. The lowest BCUT2D eigenvalue weighted by molar-refractivity contribution is -0.123. The Morgan fingerprint density at radius 1 is 1.09 bits per heavy atom. The molecule has 3 N–H and O–H groups in total. The molecule has 0 aromatic heterocycles. The number of primary amides is 1. The molecule has 1 amide bonds. The SMILES string of the molecule is NC(=O)C1CCCN(CCCNC2CC3CC2C2CCCC32)C1. The van der Waals surface area contributed by atoms with Gasteiger partial charge in [0, 0.05) is 12.6 Å². The number of hydrogen-bond donors (Lipinski definition) is 2. The maximum absolute atomic E-state index is 11.4. The summed E-state index contributed by atoms with van der Waals surface area (Å²) in [7, 11) is 0. The van der Waals surface area contributed by atoms with Gasteiger partial charge in [0.15, 0.2) is 0 Å². The Labute approximate surface area is 140 Å². The minimum absolute atomic E-state index is 0.0848. The van der Waals surface area contributed by atoms with Gasteiger partial charge in [0.2, 0.25) is 5.91 Å². The second-order valence-corrected chi connectivity index (χ2v) is 8.61. The van der Waals surface area contributed by atoms with Crippen molar-refractivity contribution in [2.45, 2.75) is 57.4 Å². The number of nitrogens with one attached hydrogen (secondary N) is 1. The summed E-state index contributed by atoms with van der Waals surface area (Å²) in [5.74, 6) is 4.16. The largest absolute Gasteiger partial charge is 0.369 e. The predicted molar refractivity (Wildman–Crippen MR) is 91.8 cm³/mol. The molecular weight excluding hydrogens is 286 g/mol. The van der Waals surface area contributed by atoms with Gasteiger partial charge in [0.1, 0.15) is 0 Å².